The van der Waals surface area contributed by atoms with Gasteiger partial charge in [-0.05, 0) is 85.5 Å². The highest BCUT2D eigenvalue weighted by Gasteiger charge is 2.22. The second kappa shape index (κ2) is 10.2. The summed E-state index contributed by atoms with van der Waals surface area (Å²) in [6.45, 7) is 5.80. The fourth-order valence-electron chi connectivity index (χ4n) is 4.43. The molecular weight excluding hydrogens is 523 g/mol. The van der Waals surface area contributed by atoms with Gasteiger partial charge in [0.1, 0.15) is 5.01 Å². The van der Waals surface area contributed by atoms with Crippen molar-refractivity contribution in [3.63, 3.8) is 0 Å². The number of hydrogen-bond donors (Lipinski definition) is 0. The molecule has 39 heavy (non-hydrogen) atoms. The topological polar surface area (TPSA) is 83.7 Å². The first-order chi connectivity index (χ1) is 18.5. The summed E-state index contributed by atoms with van der Waals surface area (Å²) >= 11 is 1.55. The average molecular weight is 550 g/mol. The van der Waals surface area contributed by atoms with Crippen LogP contribution in [0.4, 0.5) is 0 Å². The molecule has 0 radical (unpaired) electrons. The normalized spacial score (nSPS) is 12.4. The Bertz CT molecular complexity index is 1880. The Labute approximate surface area is 233 Å². The molecule has 2 aromatic heterocycles. The summed E-state index contributed by atoms with van der Waals surface area (Å²) in [5.41, 5.74) is 6.81. The maximum atomic E-state index is 12.0. The molecule has 2 heterocycles. The maximum absolute atomic E-state index is 12.0. The molecule has 0 saturated heterocycles. The van der Waals surface area contributed by atoms with Crippen LogP contribution in [0.15, 0.2) is 89.3 Å². The molecule has 0 aliphatic heterocycles. The van der Waals surface area contributed by atoms with Crippen molar-refractivity contribution < 1.29 is 8.42 Å². The monoisotopic (exact) mass is 549 g/mol. The van der Waals surface area contributed by atoms with Gasteiger partial charge in [0.05, 0.1) is 21.9 Å². The summed E-state index contributed by atoms with van der Waals surface area (Å²) < 4.78 is 24.0. The first kappa shape index (κ1) is 26.5. The molecule has 0 saturated carbocycles. The van der Waals surface area contributed by atoms with E-state index in [2.05, 4.69) is 35.3 Å². The zero-order valence-corrected chi connectivity index (χ0v) is 23.8. The van der Waals surface area contributed by atoms with Gasteiger partial charge in [-0.15, -0.1) is 11.3 Å². The number of thiazole rings is 1. The lowest BCUT2D eigenvalue weighted by atomic mass is 9.83. The first-order valence-electron chi connectivity index (χ1n) is 12.4. The van der Waals surface area contributed by atoms with E-state index in [0.29, 0.717) is 0 Å². The number of fused-ring (bicyclic) bond motifs is 1. The predicted octanol–water partition coefficient (Wildman–Crippen LogP) is 7.46. The second-order valence-corrected chi connectivity index (χ2v) is 13.0. The van der Waals surface area contributed by atoms with E-state index < -0.39 is 15.3 Å². The molecule has 7 heteroatoms. The fourth-order valence-corrected chi connectivity index (χ4v) is 5.89. The van der Waals surface area contributed by atoms with Crippen molar-refractivity contribution in [2.75, 3.05) is 6.26 Å². The number of nitriles is 1. The molecule has 0 spiro atoms. The summed E-state index contributed by atoms with van der Waals surface area (Å²) in [5, 5.41) is 13.6. The van der Waals surface area contributed by atoms with E-state index in [4.69, 9.17) is 4.98 Å². The molecule has 0 fully saturated rings. The van der Waals surface area contributed by atoms with E-state index in [-0.39, 0.29) is 4.90 Å². The Kier molecular flexibility index (Phi) is 6.94. The molecule has 0 bridgehead atoms. The van der Waals surface area contributed by atoms with Crippen molar-refractivity contribution in [3.8, 4) is 17.2 Å². The van der Waals surface area contributed by atoms with E-state index >= 15 is 0 Å². The van der Waals surface area contributed by atoms with Crippen LogP contribution in [0.2, 0.25) is 0 Å². The first-order valence-corrected chi connectivity index (χ1v) is 15.2. The molecule has 0 N–H and O–H groups in total. The van der Waals surface area contributed by atoms with Crippen molar-refractivity contribution in [3.05, 3.63) is 112 Å². The van der Waals surface area contributed by atoms with Gasteiger partial charge in [0.15, 0.2) is 9.84 Å². The molecule has 0 unspecified atom stereocenters. The van der Waals surface area contributed by atoms with Crippen LogP contribution in [0.25, 0.3) is 33.7 Å². The molecule has 5 aromatic rings. The molecule has 0 atom stereocenters. The zero-order chi connectivity index (χ0) is 27.8. The van der Waals surface area contributed by atoms with Gasteiger partial charge in [-0.2, -0.15) is 5.26 Å². The molecule has 194 valence electrons. The minimum atomic E-state index is -3.29. The summed E-state index contributed by atoms with van der Waals surface area (Å²) in [6.07, 6.45) is 5.07. The van der Waals surface area contributed by atoms with E-state index in [1.54, 1.807) is 29.7 Å². The van der Waals surface area contributed by atoms with Crippen molar-refractivity contribution in [2.24, 2.45) is 0 Å². The fraction of sp³-hybridized carbons (Fsp3) is 0.156. The number of nitrogens with zero attached hydrogens (tertiary/aromatic N) is 3. The van der Waals surface area contributed by atoms with Crippen LogP contribution in [0, 0.1) is 18.3 Å². The molecule has 5 rings (SSSR count). The Hall–Kier alpha value is -4.12. The highest BCUT2D eigenvalue weighted by molar-refractivity contribution is 7.90. The van der Waals surface area contributed by atoms with Crippen LogP contribution in [-0.4, -0.2) is 24.6 Å². The number of aromatic nitrogens is 2. The Morgan fingerprint density at radius 1 is 1.03 bits per heavy atom. The quantitative estimate of drug-likeness (QED) is 0.205. The molecule has 0 aliphatic rings. The third-order valence-electron chi connectivity index (χ3n) is 6.66. The number of hydrogen-bond acceptors (Lipinski definition) is 6. The standard InChI is InChI=1S/C32H27N3O2S2/c1-21-19-38-31(35-21)29(23-10-12-27(13-11-23)39(4,36)37)16-22-7-5-8-24(15-22)28-18-26(32(2,3)20-33)17-25-9-6-14-34-30(25)28/h5-19H,1-4H3/b29-16+. The average Bonchev–Trinajstić information content (AvgIpc) is 3.36. The number of rotatable bonds is 6. The molecule has 3 aromatic carbocycles. The van der Waals surface area contributed by atoms with Crippen molar-refractivity contribution in [1.29, 1.82) is 5.26 Å². The van der Waals surface area contributed by atoms with Gasteiger partial charge in [0.25, 0.3) is 0 Å². The Morgan fingerprint density at radius 2 is 1.79 bits per heavy atom. The van der Waals surface area contributed by atoms with E-state index in [1.165, 1.54) is 6.26 Å². The van der Waals surface area contributed by atoms with Crippen LogP contribution in [0.5, 0.6) is 0 Å². The second-order valence-electron chi connectivity index (χ2n) is 10.1. The molecular formula is C32H27N3O2S2. The van der Waals surface area contributed by atoms with E-state index in [0.717, 1.165) is 55.0 Å². The van der Waals surface area contributed by atoms with Crippen LogP contribution in [0.3, 0.4) is 0 Å². The summed E-state index contributed by atoms with van der Waals surface area (Å²) in [4.78, 5) is 9.66. The van der Waals surface area contributed by atoms with Gasteiger partial charge >= 0.3 is 0 Å². The lowest BCUT2D eigenvalue weighted by Gasteiger charge is -2.19. The highest BCUT2D eigenvalue weighted by atomic mass is 32.2. The van der Waals surface area contributed by atoms with E-state index in [9.17, 15) is 13.7 Å². The number of sulfone groups is 1. The summed E-state index contributed by atoms with van der Waals surface area (Å²) in [7, 11) is -3.29. The summed E-state index contributed by atoms with van der Waals surface area (Å²) in [6, 6.07) is 25.6. The minimum Gasteiger partial charge on any atom is -0.256 e. The van der Waals surface area contributed by atoms with Gasteiger partial charge < -0.3 is 0 Å². The Balaban J connectivity index is 1.66. The SMILES string of the molecule is Cc1csc(/C(=C/c2cccc(-c3cc(C(C)(C)C#N)cc4cccnc34)c2)c2ccc(S(C)(=O)=O)cc2)n1. The largest absolute Gasteiger partial charge is 0.256 e. The number of pyridine rings is 1. The van der Waals surface area contributed by atoms with Crippen molar-refractivity contribution in [2.45, 2.75) is 31.1 Å². The van der Waals surface area contributed by atoms with Crippen LogP contribution in [-0.2, 0) is 15.3 Å². The zero-order valence-electron chi connectivity index (χ0n) is 22.1. The van der Waals surface area contributed by atoms with Gasteiger partial charge in [-0.1, -0.05) is 36.4 Å². The van der Waals surface area contributed by atoms with Crippen LogP contribution < -0.4 is 0 Å². The third-order valence-corrected chi connectivity index (χ3v) is 8.78. The van der Waals surface area contributed by atoms with Gasteiger partial charge in [0, 0.05) is 40.0 Å². The van der Waals surface area contributed by atoms with Crippen LogP contribution in [0.1, 0.15) is 41.2 Å². The maximum Gasteiger partial charge on any atom is 0.175 e. The van der Waals surface area contributed by atoms with Gasteiger partial charge in [0.2, 0.25) is 0 Å². The smallest absolute Gasteiger partial charge is 0.175 e. The molecule has 5 nitrogen and oxygen atoms in total. The Morgan fingerprint density at radius 3 is 2.46 bits per heavy atom. The number of aryl methyl sites for hydroxylation is 1. The van der Waals surface area contributed by atoms with Gasteiger partial charge in [-0.3, -0.25) is 4.98 Å². The molecule has 0 aliphatic carbocycles. The van der Waals surface area contributed by atoms with Crippen LogP contribution >= 0.6 is 11.3 Å². The van der Waals surface area contributed by atoms with E-state index in [1.807, 2.05) is 68.6 Å². The predicted molar refractivity (Wildman–Crippen MR) is 159 cm³/mol. The molecule has 0 amide bonds. The lowest BCUT2D eigenvalue weighted by Crippen LogP contribution is -2.14. The van der Waals surface area contributed by atoms with Gasteiger partial charge in [-0.25, -0.2) is 13.4 Å². The number of benzene rings is 3. The minimum absolute atomic E-state index is 0.280. The van der Waals surface area contributed by atoms with Crippen molar-refractivity contribution >= 4 is 43.7 Å². The van der Waals surface area contributed by atoms with Crippen molar-refractivity contribution in [1.82, 2.24) is 9.97 Å². The summed E-state index contributed by atoms with van der Waals surface area (Å²) in [5.74, 6) is 0. The lowest BCUT2D eigenvalue weighted by molar-refractivity contribution is 0.602. The highest BCUT2D eigenvalue weighted by Crippen LogP contribution is 2.35. The third kappa shape index (κ3) is 5.53.